The van der Waals surface area contributed by atoms with Gasteiger partial charge in [0.25, 0.3) is 0 Å². The molecule has 0 bridgehead atoms. The Morgan fingerprint density at radius 2 is 1.06 bits per heavy atom. The Morgan fingerprint density at radius 1 is 0.442 bits per heavy atom. The normalized spacial score (nSPS) is 13.0. The van der Waals surface area contributed by atoms with Gasteiger partial charge in [0.1, 0.15) is 0 Å². The fourth-order valence-electron chi connectivity index (χ4n) is 8.12. The zero-order valence-electron chi connectivity index (χ0n) is 29.0. The van der Waals surface area contributed by atoms with Gasteiger partial charge in [-0.3, -0.25) is 4.98 Å². The molecule has 0 saturated carbocycles. The molecular weight excluding hydrogens is 633 g/mol. The first-order valence-corrected chi connectivity index (χ1v) is 17.8. The van der Waals surface area contributed by atoms with Crippen molar-refractivity contribution in [3.63, 3.8) is 0 Å². The van der Waals surface area contributed by atoms with Gasteiger partial charge in [-0.1, -0.05) is 117 Å². The second kappa shape index (κ2) is 11.7. The Labute approximate surface area is 302 Å². The predicted molar refractivity (Wildman–Crippen MR) is 213 cm³/mol. The summed E-state index contributed by atoms with van der Waals surface area (Å²) in [7, 11) is 0. The molecule has 0 aliphatic heterocycles. The van der Waals surface area contributed by atoms with Crippen molar-refractivity contribution in [3.8, 4) is 61.8 Å². The summed E-state index contributed by atoms with van der Waals surface area (Å²) in [5, 5.41) is 2.46. The number of hydrogen-bond donors (Lipinski definition) is 0. The summed E-state index contributed by atoms with van der Waals surface area (Å²) in [6.07, 6.45) is 3.71. The predicted octanol–water partition coefficient (Wildman–Crippen LogP) is 11.9. The summed E-state index contributed by atoms with van der Waals surface area (Å²) < 4.78 is 2.37. The molecule has 3 heterocycles. The van der Waals surface area contributed by atoms with Crippen molar-refractivity contribution in [2.45, 2.75) is 19.3 Å². The fourth-order valence-corrected chi connectivity index (χ4v) is 8.12. The number of rotatable bonds is 5. The van der Waals surface area contributed by atoms with Crippen LogP contribution in [0.2, 0.25) is 0 Å². The average molecular weight is 667 g/mol. The maximum absolute atomic E-state index is 5.28. The number of hydrogen-bond acceptors (Lipinski definition) is 3. The van der Waals surface area contributed by atoms with Crippen molar-refractivity contribution >= 4 is 21.8 Å². The van der Waals surface area contributed by atoms with E-state index in [2.05, 4.69) is 163 Å². The molecule has 4 nitrogen and oxygen atoms in total. The van der Waals surface area contributed by atoms with Gasteiger partial charge in [0.2, 0.25) is 0 Å². The van der Waals surface area contributed by atoms with Crippen LogP contribution in [0.25, 0.3) is 83.6 Å². The molecule has 4 heteroatoms. The Hall–Kier alpha value is -6.65. The van der Waals surface area contributed by atoms with Crippen LogP contribution in [0.1, 0.15) is 25.0 Å². The average Bonchev–Trinajstić information content (AvgIpc) is 3.66. The first kappa shape index (κ1) is 30.2. The van der Waals surface area contributed by atoms with Crippen molar-refractivity contribution in [1.82, 2.24) is 19.5 Å². The zero-order chi connectivity index (χ0) is 34.8. The van der Waals surface area contributed by atoms with Crippen LogP contribution >= 0.6 is 0 Å². The second-order valence-corrected chi connectivity index (χ2v) is 14.1. The SMILES string of the molecule is CC1(C)c2ccccc2-c2ccc(-c3cc(-c4cc(-c5ccncc5)cc(-n5c6ccccc6c6ccccc65)c4)nc(-c4ccccc4)n3)cc21. The van der Waals surface area contributed by atoms with Gasteiger partial charge in [0.15, 0.2) is 5.82 Å². The highest BCUT2D eigenvalue weighted by Gasteiger charge is 2.35. The Morgan fingerprint density at radius 3 is 1.81 bits per heavy atom. The summed E-state index contributed by atoms with van der Waals surface area (Å²) in [5.74, 6) is 0.698. The molecule has 0 fully saturated rings. The summed E-state index contributed by atoms with van der Waals surface area (Å²) in [4.78, 5) is 14.8. The number of fused-ring (bicyclic) bond motifs is 6. The molecule has 0 atom stereocenters. The van der Waals surface area contributed by atoms with Crippen molar-refractivity contribution in [2.24, 2.45) is 0 Å². The van der Waals surface area contributed by atoms with Gasteiger partial charge in [-0.05, 0) is 88.0 Å². The van der Waals surface area contributed by atoms with E-state index < -0.39 is 0 Å². The summed E-state index contributed by atoms with van der Waals surface area (Å²) in [6.45, 7) is 4.64. The van der Waals surface area contributed by atoms with Crippen molar-refractivity contribution in [3.05, 3.63) is 181 Å². The largest absolute Gasteiger partial charge is 0.309 e. The molecule has 1 aliphatic rings. The van der Waals surface area contributed by atoms with E-state index in [1.807, 2.05) is 30.6 Å². The topological polar surface area (TPSA) is 43.6 Å². The van der Waals surface area contributed by atoms with Crippen LogP contribution in [0.5, 0.6) is 0 Å². The van der Waals surface area contributed by atoms with Crippen LogP contribution < -0.4 is 0 Å². The molecule has 10 rings (SSSR count). The van der Waals surface area contributed by atoms with Crippen LogP contribution in [0.4, 0.5) is 0 Å². The molecule has 6 aromatic carbocycles. The van der Waals surface area contributed by atoms with Gasteiger partial charge >= 0.3 is 0 Å². The quantitative estimate of drug-likeness (QED) is 0.184. The van der Waals surface area contributed by atoms with E-state index in [0.29, 0.717) is 5.82 Å². The number of para-hydroxylation sites is 2. The Kier molecular flexibility index (Phi) is 6.80. The second-order valence-electron chi connectivity index (χ2n) is 14.1. The lowest BCUT2D eigenvalue weighted by atomic mass is 9.82. The summed E-state index contributed by atoms with van der Waals surface area (Å²) in [6, 6.07) is 56.3. The minimum atomic E-state index is -0.115. The Balaban J connectivity index is 1.21. The maximum Gasteiger partial charge on any atom is 0.160 e. The van der Waals surface area contributed by atoms with E-state index in [4.69, 9.17) is 9.97 Å². The molecule has 3 aromatic heterocycles. The van der Waals surface area contributed by atoms with Crippen LogP contribution in [-0.4, -0.2) is 19.5 Å². The number of aromatic nitrogens is 4. The molecule has 1 aliphatic carbocycles. The lowest BCUT2D eigenvalue weighted by Gasteiger charge is -2.22. The first-order chi connectivity index (χ1) is 25.5. The lowest BCUT2D eigenvalue weighted by Crippen LogP contribution is -2.14. The molecule has 0 unspecified atom stereocenters. The maximum atomic E-state index is 5.28. The monoisotopic (exact) mass is 666 g/mol. The number of nitrogens with zero attached hydrogens (tertiary/aromatic N) is 4. The third-order valence-corrected chi connectivity index (χ3v) is 10.7. The Bertz CT molecular complexity index is 2760. The van der Waals surface area contributed by atoms with Gasteiger partial charge in [0.05, 0.1) is 22.4 Å². The van der Waals surface area contributed by atoms with E-state index >= 15 is 0 Å². The van der Waals surface area contributed by atoms with Crippen molar-refractivity contribution in [2.75, 3.05) is 0 Å². The van der Waals surface area contributed by atoms with Crippen molar-refractivity contribution in [1.29, 1.82) is 0 Å². The summed E-state index contributed by atoms with van der Waals surface area (Å²) >= 11 is 0. The van der Waals surface area contributed by atoms with E-state index in [9.17, 15) is 0 Å². The molecule has 52 heavy (non-hydrogen) atoms. The molecule has 9 aromatic rings. The van der Waals surface area contributed by atoms with E-state index in [1.54, 1.807) is 0 Å². The van der Waals surface area contributed by atoms with Crippen LogP contribution in [0, 0.1) is 0 Å². The number of pyridine rings is 1. The zero-order valence-corrected chi connectivity index (χ0v) is 29.0. The highest BCUT2D eigenvalue weighted by Crippen LogP contribution is 2.49. The van der Waals surface area contributed by atoms with Gasteiger partial charge in [-0.2, -0.15) is 0 Å². The minimum absolute atomic E-state index is 0.115. The first-order valence-electron chi connectivity index (χ1n) is 17.8. The van der Waals surface area contributed by atoms with Crippen molar-refractivity contribution < 1.29 is 0 Å². The van der Waals surface area contributed by atoms with Crippen LogP contribution in [0.15, 0.2) is 170 Å². The molecule has 246 valence electrons. The van der Waals surface area contributed by atoms with Gasteiger partial charge in [-0.15, -0.1) is 0 Å². The van der Waals surface area contributed by atoms with E-state index in [1.165, 1.54) is 33.0 Å². The number of benzene rings is 6. The van der Waals surface area contributed by atoms with Gasteiger partial charge in [0, 0.05) is 51.0 Å². The summed E-state index contributed by atoms with van der Waals surface area (Å²) in [5.41, 5.74) is 15.6. The molecule has 0 saturated heterocycles. The molecule has 0 amide bonds. The van der Waals surface area contributed by atoms with Gasteiger partial charge in [-0.25, -0.2) is 9.97 Å². The molecule has 0 N–H and O–H groups in total. The highest BCUT2D eigenvalue weighted by atomic mass is 15.0. The van der Waals surface area contributed by atoms with E-state index in [0.717, 1.165) is 55.9 Å². The molecular formula is C48H34N4. The lowest BCUT2D eigenvalue weighted by molar-refractivity contribution is 0.660. The fraction of sp³-hybridized carbons (Fsp3) is 0.0625. The molecule has 0 radical (unpaired) electrons. The van der Waals surface area contributed by atoms with Crippen LogP contribution in [0.3, 0.4) is 0 Å². The van der Waals surface area contributed by atoms with E-state index in [-0.39, 0.29) is 5.41 Å². The highest BCUT2D eigenvalue weighted by molar-refractivity contribution is 6.09. The molecule has 0 spiro atoms. The van der Waals surface area contributed by atoms with Gasteiger partial charge < -0.3 is 4.57 Å². The van der Waals surface area contributed by atoms with Crippen LogP contribution in [-0.2, 0) is 5.41 Å². The third-order valence-electron chi connectivity index (χ3n) is 10.7. The standard InChI is InChI=1S/C48H34N4/c1-48(2)41-17-9-6-14-37(41)38-21-20-33(29-42(38)48)43-30-44(51-47(50-43)32-12-4-3-5-13-32)35-26-34(31-22-24-49-25-23-31)27-36(28-35)52-45-18-10-7-15-39(45)40-16-8-11-19-46(40)52/h3-30H,1-2H3. The minimum Gasteiger partial charge on any atom is -0.309 e. The smallest absolute Gasteiger partial charge is 0.160 e. The third kappa shape index (κ3) is 4.79.